The first-order valence-corrected chi connectivity index (χ1v) is 9.38. The van der Waals surface area contributed by atoms with E-state index in [0.717, 1.165) is 16.9 Å². The van der Waals surface area contributed by atoms with E-state index in [-0.39, 0.29) is 11.8 Å². The molecule has 1 saturated heterocycles. The number of ether oxygens (including phenoxy) is 1. The fourth-order valence-electron chi connectivity index (χ4n) is 3.32. The van der Waals surface area contributed by atoms with Gasteiger partial charge in [0, 0.05) is 39.0 Å². The molecule has 0 atom stereocenters. The Bertz CT molecular complexity index is 776. The first kappa shape index (κ1) is 19.0. The average molecular weight is 366 g/mol. The van der Waals surface area contributed by atoms with Gasteiger partial charge in [0.2, 0.25) is 11.8 Å². The molecule has 0 aliphatic carbocycles. The normalized spacial score (nSPS) is 14.8. The SMILES string of the molecule is COc1cccc(CCC(=O)N2CCC(=O)N(Cc3ccccc3)CC2)c1. The van der Waals surface area contributed by atoms with Gasteiger partial charge in [-0.25, -0.2) is 0 Å². The van der Waals surface area contributed by atoms with Gasteiger partial charge in [-0.05, 0) is 29.7 Å². The zero-order valence-electron chi connectivity index (χ0n) is 15.8. The molecule has 27 heavy (non-hydrogen) atoms. The highest BCUT2D eigenvalue weighted by molar-refractivity contribution is 5.80. The van der Waals surface area contributed by atoms with E-state index in [9.17, 15) is 9.59 Å². The summed E-state index contributed by atoms with van der Waals surface area (Å²) in [4.78, 5) is 28.7. The topological polar surface area (TPSA) is 49.9 Å². The van der Waals surface area contributed by atoms with Crippen LogP contribution in [-0.2, 0) is 22.6 Å². The van der Waals surface area contributed by atoms with E-state index in [0.29, 0.717) is 45.4 Å². The molecule has 5 nitrogen and oxygen atoms in total. The van der Waals surface area contributed by atoms with Crippen LogP contribution in [0.2, 0.25) is 0 Å². The van der Waals surface area contributed by atoms with Crippen molar-refractivity contribution in [2.24, 2.45) is 0 Å². The molecular weight excluding hydrogens is 340 g/mol. The molecule has 1 aliphatic rings. The standard InChI is InChI=1S/C22H26N2O3/c1-27-20-9-5-8-18(16-20)10-11-21(25)23-13-12-22(26)24(15-14-23)17-19-6-3-2-4-7-19/h2-9,16H,10-15,17H2,1H3. The molecule has 0 N–H and O–H groups in total. The summed E-state index contributed by atoms with van der Waals surface area (Å²) in [6, 6.07) is 17.8. The Balaban J connectivity index is 1.53. The quantitative estimate of drug-likeness (QED) is 0.790. The number of nitrogens with zero attached hydrogens (tertiary/aromatic N) is 2. The Morgan fingerprint density at radius 3 is 2.56 bits per heavy atom. The van der Waals surface area contributed by atoms with Gasteiger partial charge >= 0.3 is 0 Å². The summed E-state index contributed by atoms with van der Waals surface area (Å²) in [5, 5.41) is 0. The van der Waals surface area contributed by atoms with Crippen molar-refractivity contribution in [3.63, 3.8) is 0 Å². The van der Waals surface area contributed by atoms with Crippen molar-refractivity contribution in [1.82, 2.24) is 9.80 Å². The fourth-order valence-corrected chi connectivity index (χ4v) is 3.32. The van der Waals surface area contributed by atoms with E-state index in [1.54, 1.807) is 7.11 Å². The maximum absolute atomic E-state index is 12.6. The molecule has 1 fully saturated rings. The van der Waals surface area contributed by atoms with Crippen LogP contribution in [0, 0.1) is 0 Å². The number of amides is 2. The molecule has 0 saturated carbocycles. The van der Waals surface area contributed by atoms with E-state index in [2.05, 4.69) is 0 Å². The Morgan fingerprint density at radius 2 is 1.78 bits per heavy atom. The number of carbonyl (C=O) groups is 2. The molecule has 2 amide bonds. The lowest BCUT2D eigenvalue weighted by Crippen LogP contribution is -2.35. The number of rotatable bonds is 6. The first-order valence-electron chi connectivity index (χ1n) is 9.38. The van der Waals surface area contributed by atoms with E-state index < -0.39 is 0 Å². The van der Waals surface area contributed by atoms with E-state index in [4.69, 9.17) is 4.74 Å². The third-order valence-corrected chi connectivity index (χ3v) is 4.92. The Hall–Kier alpha value is -2.82. The van der Waals surface area contributed by atoms with Crippen LogP contribution < -0.4 is 4.74 Å². The second-order valence-electron chi connectivity index (χ2n) is 6.78. The highest BCUT2D eigenvalue weighted by atomic mass is 16.5. The van der Waals surface area contributed by atoms with Crippen molar-refractivity contribution in [3.8, 4) is 5.75 Å². The monoisotopic (exact) mass is 366 g/mol. The summed E-state index contributed by atoms with van der Waals surface area (Å²) in [5.41, 5.74) is 2.20. The summed E-state index contributed by atoms with van der Waals surface area (Å²) >= 11 is 0. The molecule has 2 aromatic carbocycles. The van der Waals surface area contributed by atoms with Gasteiger partial charge in [0.25, 0.3) is 0 Å². The first-order chi connectivity index (χ1) is 13.2. The second-order valence-corrected chi connectivity index (χ2v) is 6.78. The minimum Gasteiger partial charge on any atom is -0.497 e. The van der Waals surface area contributed by atoms with Crippen molar-refractivity contribution in [1.29, 1.82) is 0 Å². The van der Waals surface area contributed by atoms with Crippen molar-refractivity contribution >= 4 is 11.8 Å². The molecule has 0 bridgehead atoms. The van der Waals surface area contributed by atoms with Gasteiger partial charge in [0.1, 0.15) is 5.75 Å². The highest BCUT2D eigenvalue weighted by Gasteiger charge is 2.23. The minimum absolute atomic E-state index is 0.104. The van der Waals surface area contributed by atoms with Gasteiger partial charge in [0.15, 0.2) is 0 Å². The fraction of sp³-hybridized carbons (Fsp3) is 0.364. The van der Waals surface area contributed by atoms with Crippen LogP contribution in [0.4, 0.5) is 0 Å². The zero-order chi connectivity index (χ0) is 19.1. The zero-order valence-corrected chi connectivity index (χ0v) is 15.8. The predicted molar refractivity (Wildman–Crippen MR) is 104 cm³/mol. The number of methoxy groups -OCH3 is 1. The van der Waals surface area contributed by atoms with Gasteiger partial charge in [0.05, 0.1) is 7.11 Å². The lowest BCUT2D eigenvalue weighted by Gasteiger charge is -2.22. The number of carbonyl (C=O) groups excluding carboxylic acids is 2. The Morgan fingerprint density at radius 1 is 1.00 bits per heavy atom. The van der Waals surface area contributed by atoms with Crippen LogP contribution >= 0.6 is 0 Å². The lowest BCUT2D eigenvalue weighted by molar-refractivity contribution is -0.131. The average Bonchev–Trinajstić information content (AvgIpc) is 2.89. The summed E-state index contributed by atoms with van der Waals surface area (Å²) in [6.45, 7) is 2.28. The predicted octanol–water partition coefficient (Wildman–Crippen LogP) is 2.89. The van der Waals surface area contributed by atoms with Crippen LogP contribution in [0.1, 0.15) is 24.0 Å². The number of hydrogen-bond donors (Lipinski definition) is 0. The van der Waals surface area contributed by atoms with Crippen molar-refractivity contribution in [3.05, 3.63) is 65.7 Å². The number of aryl methyl sites for hydroxylation is 1. The summed E-state index contributed by atoms with van der Waals surface area (Å²) in [7, 11) is 1.64. The number of hydrogen-bond acceptors (Lipinski definition) is 3. The van der Waals surface area contributed by atoms with Crippen LogP contribution in [0.25, 0.3) is 0 Å². The molecule has 5 heteroatoms. The minimum atomic E-state index is 0.104. The van der Waals surface area contributed by atoms with Gasteiger partial charge < -0.3 is 14.5 Å². The van der Waals surface area contributed by atoms with Crippen LogP contribution in [0.3, 0.4) is 0 Å². The smallest absolute Gasteiger partial charge is 0.224 e. The molecule has 1 heterocycles. The third-order valence-electron chi connectivity index (χ3n) is 4.92. The van der Waals surface area contributed by atoms with Gasteiger partial charge in [-0.3, -0.25) is 9.59 Å². The Labute approximate surface area is 160 Å². The van der Waals surface area contributed by atoms with Crippen LogP contribution in [0.15, 0.2) is 54.6 Å². The summed E-state index contributed by atoms with van der Waals surface area (Å²) in [6.07, 6.45) is 1.51. The molecule has 142 valence electrons. The van der Waals surface area contributed by atoms with Crippen LogP contribution in [0.5, 0.6) is 5.75 Å². The molecule has 0 spiro atoms. The van der Waals surface area contributed by atoms with E-state index in [1.807, 2.05) is 64.4 Å². The third kappa shape index (κ3) is 5.33. The van der Waals surface area contributed by atoms with Crippen molar-refractivity contribution in [2.45, 2.75) is 25.8 Å². The molecular formula is C22H26N2O3. The second kappa shape index (κ2) is 9.21. The molecule has 0 aromatic heterocycles. The molecule has 0 radical (unpaired) electrons. The number of benzene rings is 2. The summed E-state index contributed by atoms with van der Waals surface area (Å²) in [5.74, 6) is 1.02. The maximum Gasteiger partial charge on any atom is 0.224 e. The van der Waals surface area contributed by atoms with Gasteiger partial charge in [-0.15, -0.1) is 0 Å². The van der Waals surface area contributed by atoms with E-state index in [1.165, 1.54) is 0 Å². The van der Waals surface area contributed by atoms with Crippen molar-refractivity contribution < 1.29 is 14.3 Å². The van der Waals surface area contributed by atoms with Gasteiger partial charge in [-0.1, -0.05) is 42.5 Å². The molecule has 2 aromatic rings. The molecule has 3 rings (SSSR count). The largest absolute Gasteiger partial charge is 0.497 e. The maximum atomic E-state index is 12.6. The molecule has 1 aliphatic heterocycles. The lowest BCUT2D eigenvalue weighted by atomic mass is 10.1. The summed E-state index contributed by atoms with van der Waals surface area (Å²) < 4.78 is 5.23. The molecule has 0 unspecified atom stereocenters. The highest BCUT2D eigenvalue weighted by Crippen LogP contribution is 2.15. The Kier molecular flexibility index (Phi) is 6.47. The van der Waals surface area contributed by atoms with E-state index >= 15 is 0 Å². The van der Waals surface area contributed by atoms with Crippen molar-refractivity contribution in [2.75, 3.05) is 26.7 Å². The van der Waals surface area contributed by atoms with Gasteiger partial charge in [-0.2, -0.15) is 0 Å². The van der Waals surface area contributed by atoms with Crippen LogP contribution in [-0.4, -0.2) is 48.4 Å².